The number of benzene rings is 4. The van der Waals surface area contributed by atoms with Crippen molar-refractivity contribution in [3.8, 4) is 22.6 Å². The molecule has 0 spiro atoms. The van der Waals surface area contributed by atoms with E-state index in [-0.39, 0.29) is 45.1 Å². The van der Waals surface area contributed by atoms with Crippen molar-refractivity contribution in [2.75, 3.05) is 26.4 Å². The predicted octanol–water partition coefficient (Wildman–Crippen LogP) is 5.71. The fourth-order valence-corrected chi connectivity index (χ4v) is 5.45. The molecule has 0 heterocycles. The minimum absolute atomic E-state index is 0.0375. The molecule has 1 N–H and O–H groups in total. The lowest BCUT2D eigenvalue weighted by molar-refractivity contribution is -0.145. The number of hydrogen-bond acceptors (Lipinski definition) is 6. The summed E-state index contributed by atoms with van der Waals surface area (Å²) in [6, 6.07) is 33.2. The van der Waals surface area contributed by atoms with Crippen LogP contribution in [0.25, 0.3) is 11.1 Å². The van der Waals surface area contributed by atoms with E-state index in [0.717, 1.165) is 11.1 Å². The molecule has 6 nitrogen and oxygen atoms in total. The number of ketones is 1. The van der Waals surface area contributed by atoms with Gasteiger partial charge in [-0.15, -0.1) is 0 Å². The largest absolute Gasteiger partial charge is 0.491 e. The van der Waals surface area contributed by atoms with Crippen molar-refractivity contribution in [2.24, 2.45) is 0 Å². The number of Topliss-reactive ketones (excluding diaryl/α,β-unsaturated/α-hetero) is 1. The van der Waals surface area contributed by atoms with Gasteiger partial charge in [0.2, 0.25) is 0 Å². The first-order valence-corrected chi connectivity index (χ1v) is 13.5. The molecule has 5 rings (SSSR count). The Kier molecular flexibility index (Phi) is 8.27. The fraction of sp³-hybridized carbons (Fsp3) is 0.235. The zero-order valence-corrected chi connectivity index (χ0v) is 22.5. The van der Waals surface area contributed by atoms with Crippen molar-refractivity contribution in [3.63, 3.8) is 0 Å². The smallest absolute Gasteiger partial charge is 0.306 e. The maximum absolute atomic E-state index is 11.7. The van der Waals surface area contributed by atoms with Crippen molar-refractivity contribution in [2.45, 2.75) is 25.2 Å². The monoisotopic (exact) mass is 536 g/mol. The first-order valence-electron chi connectivity index (χ1n) is 13.5. The third kappa shape index (κ3) is 5.36. The van der Waals surface area contributed by atoms with Gasteiger partial charge in [0.1, 0.15) is 37.1 Å². The molecule has 0 amide bonds. The summed E-state index contributed by atoms with van der Waals surface area (Å²) < 4.78 is 16.7. The molecule has 0 aliphatic heterocycles. The van der Waals surface area contributed by atoms with Gasteiger partial charge in [0.05, 0.1) is 18.4 Å². The SMILES string of the molecule is CC(=O)CCC(=O)OCCOc1ccc(C2(c3ccc(OCCO)cc3)c3ccccc3-c3ccccc32)cc1. The van der Waals surface area contributed by atoms with Crippen molar-refractivity contribution in [1.82, 2.24) is 0 Å². The van der Waals surface area contributed by atoms with E-state index in [4.69, 9.17) is 19.3 Å². The van der Waals surface area contributed by atoms with Gasteiger partial charge in [-0.3, -0.25) is 4.79 Å². The molecule has 204 valence electrons. The van der Waals surface area contributed by atoms with Gasteiger partial charge in [0.15, 0.2) is 0 Å². The summed E-state index contributed by atoms with van der Waals surface area (Å²) in [6.45, 7) is 2.00. The van der Waals surface area contributed by atoms with Gasteiger partial charge in [-0.25, -0.2) is 0 Å². The van der Waals surface area contributed by atoms with E-state index in [1.807, 2.05) is 24.3 Å². The Morgan fingerprint density at radius 1 is 0.650 bits per heavy atom. The fourth-order valence-electron chi connectivity index (χ4n) is 5.45. The highest BCUT2D eigenvalue weighted by Gasteiger charge is 2.45. The van der Waals surface area contributed by atoms with Crippen LogP contribution >= 0.6 is 0 Å². The highest BCUT2D eigenvalue weighted by molar-refractivity contribution is 5.86. The van der Waals surface area contributed by atoms with Crippen LogP contribution in [0.2, 0.25) is 0 Å². The van der Waals surface area contributed by atoms with E-state index in [1.165, 1.54) is 29.2 Å². The van der Waals surface area contributed by atoms with Crippen LogP contribution in [0.15, 0.2) is 97.1 Å². The van der Waals surface area contributed by atoms with Gasteiger partial charge in [-0.05, 0) is 64.6 Å². The molecular formula is C34H32O6. The summed E-state index contributed by atoms with van der Waals surface area (Å²) in [5.41, 5.74) is 6.45. The topological polar surface area (TPSA) is 82.1 Å². The van der Waals surface area contributed by atoms with E-state index >= 15 is 0 Å². The first-order chi connectivity index (χ1) is 19.5. The quantitative estimate of drug-likeness (QED) is 0.162. The summed E-state index contributed by atoms with van der Waals surface area (Å²) in [5.74, 6) is 0.941. The van der Waals surface area contributed by atoms with Gasteiger partial charge in [0.25, 0.3) is 0 Å². The molecule has 0 atom stereocenters. The van der Waals surface area contributed by atoms with Crippen LogP contribution in [0.1, 0.15) is 42.0 Å². The van der Waals surface area contributed by atoms with Crippen molar-refractivity contribution in [3.05, 3.63) is 119 Å². The van der Waals surface area contributed by atoms with Crippen LogP contribution in [0.4, 0.5) is 0 Å². The zero-order chi connectivity index (χ0) is 28.0. The maximum Gasteiger partial charge on any atom is 0.306 e. The van der Waals surface area contributed by atoms with E-state index in [9.17, 15) is 9.59 Å². The molecule has 0 radical (unpaired) electrons. The van der Waals surface area contributed by atoms with Gasteiger partial charge in [-0.1, -0.05) is 72.8 Å². The molecule has 4 aromatic carbocycles. The summed E-state index contributed by atoms with van der Waals surface area (Å²) in [5, 5.41) is 9.15. The van der Waals surface area contributed by atoms with Gasteiger partial charge >= 0.3 is 5.97 Å². The number of fused-ring (bicyclic) bond motifs is 3. The lowest BCUT2D eigenvalue weighted by atomic mass is 9.68. The number of aliphatic hydroxyl groups is 1. The molecule has 0 saturated heterocycles. The minimum Gasteiger partial charge on any atom is -0.491 e. The number of rotatable bonds is 12. The molecule has 0 unspecified atom stereocenters. The van der Waals surface area contributed by atoms with Crippen molar-refractivity contribution in [1.29, 1.82) is 0 Å². The molecule has 0 fully saturated rings. The van der Waals surface area contributed by atoms with Crippen LogP contribution in [0.3, 0.4) is 0 Å². The van der Waals surface area contributed by atoms with E-state index in [0.29, 0.717) is 11.5 Å². The molecule has 4 aromatic rings. The van der Waals surface area contributed by atoms with Gasteiger partial charge in [0, 0.05) is 6.42 Å². The van der Waals surface area contributed by atoms with Crippen LogP contribution in [0, 0.1) is 0 Å². The lowest BCUT2D eigenvalue weighted by Crippen LogP contribution is -2.28. The number of hydrogen-bond donors (Lipinski definition) is 1. The molecule has 0 aromatic heterocycles. The molecular weight excluding hydrogens is 504 g/mol. The van der Waals surface area contributed by atoms with Gasteiger partial charge in [-0.2, -0.15) is 0 Å². The highest BCUT2D eigenvalue weighted by Crippen LogP contribution is 2.56. The van der Waals surface area contributed by atoms with E-state index < -0.39 is 11.4 Å². The summed E-state index contributed by atoms with van der Waals surface area (Å²) in [7, 11) is 0. The lowest BCUT2D eigenvalue weighted by Gasteiger charge is -2.34. The van der Waals surface area contributed by atoms with Crippen LogP contribution in [0.5, 0.6) is 11.5 Å². The summed E-state index contributed by atoms with van der Waals surface area (Å²) >= 11 is 0. The maximum atomic E-state index is 11.7. The van der Waals surface area contributed by atoms with E-state index in [2.05, 4.69) is 72.8 Å². The molecule has 0 saturated carbocycles. The Morgan fingerprint density at radius 2 is 1.15 bits per heavy atom. The number of ether oxygens (including phenoxy) is 3. The van der Waals surface area contributed by atoms with E-state index in [1.54, 1.807) is 0 Å². The molecule has 0 bridgehead atoms. The van der Waals surface area contributed by atoms with Gasteiger partial charge < -0.3 is 24.1 Å². The summed E-state index contributed by atoms with van der Waals surface area (Å²) in [4.78, 5) is 22.8. The molecule has 1 aliphatic rings. The van der Waals surface area contributed by atoms with Crippen molar-refractivity contribution < 1.29 is 28.9 Å². The Labute approximate surface area is 234 Å². The average Bonchev–Trinajstić information content (AvgIpc) is 3.29. The molecule has 6 heteroatoms. The molecule has 40 heavy (non-hydrogen) atoms. The number of aliphatic hydroxyl groups excluding tert-OH is 1. The normalized spacial score (nSPS) is 12.8. The number of carbonyl (C=O) groups is 2. The Morgan fingerprint density at radius 3 is 1.65 bits per heavy atom. The first kappa shape index (κ1) is 27.2. The Balaban J connectivity index is 1.45. The van der Waals surface area contributed by atoms with Crippen LogP contribution in [-0.2, 0) is 19.7 Å². The number of carbonyl (C=O) groups excluding carboxylic acids is 2. The number of esters is 1. The highest BCUT2D eigenvalue weighted by atomic mass is 16.6. The summed E-state index contributed by atoms with van der Waals surface area (Å²) in [6.07, 6.45) is 0.275. The third-order valence-electron chi connectivity index (χ3n) is 7.18. The Bertz CT molecular complexity index is 1430. The second-order valence-electron chi connectivity index (χ2n) is 9.73. The third-order valence-corrected chi connectivity index (χ3v) is 7.18. The second kappa shape index (κ2) is 12.2. The minimum atomic E-state index is -0.548. The molecule has 1 aliphatic carbocycles. The second-order valence-corrected chi connectivity index (χ2v) is 9.73. The van der Waals surface area contributed by atoms with Crippen LogP contribution in [-0.4, -0.2) is 43.3 Å². The Hall–Kier alpha value is -4.42. The predicted molar refractivity (Wildman–Crippen MR) is 153 cm³/mol. The van der Waals surface area contributed by atoms with Crippen molar-refractivity contribution >= 4 is 11.8 Å². The average molecular weight is 537 g/mol. The standard InChI is InChI=1S/C34H32O6/c1-24(36)10-19-33(37)40-23-22-39-28-17-13-26(14-18-28)34(25-11-15-27(16-12-25)38-21-20-35)31-8-4-2-6-29(31)30-7-3-5-9-32(30)34/h2-9,11-18,35H,10,19-23H2,1H3. The zero-order valence-electron chi connectivity index (χ0n) is 22.5. The van der Waals surface area contributed by atoms with Crippen LogP contribution < -0.4 is 9.47 Å².